The summed E-state index contributed by atoms with van der Waals surface area (Å²) in [6.45, 7) is 4.17. The number of carbonyl (C=O) groups excluding carboxylic acids is 2. The highest BCUT2D eigenvalue weighted by molar-refractivity contribution is 6.21. The van der Waals surface area contributed by atoms with E-state index < -0.39 is 6.04 Å². The smallest absolute Gasteiger partial charge is 0.262 e. The van der Waals surface area contributed by atoms with Crippen LogP contribution in [-0.2, 0) is 0 Å². The third kappa shape index (κ3) is 3.71. The van der Waals surface area contributed by atoms with Gasteiger partial charge in [0.1, 0.15) is 5.75 Å². The Morgan fingerprint density at radius 3 is 2.32 bits per heavy atom. The second kappa shape index (κ2) is 8.71. The number of fused-ring (bicyclic) bond motifs is 2. The molecule has 1 unspecified atom stereocenters. The lowest BCUT2D eigenvalue weighted by Gasteiger charge is -2.27. The Bertz CT molecular complexity index is 1380. The van der Waals surface area contributed by atoms with Crippen LogP contribution in [0.25, 0.3) is 22.0 Å². The van der Waals surface area contributed by atoms with Crippen molar-refractivity contribution < 1.29 is 14.3 Å². The van der Waals surface area contributed by atoms with E-state index in [1.807, 2.05) is 30.3 Å². The fourth-order valence-electron chi connectivity index (χ4n) is 4.57. The van der Waals surface area contributed by atoms with Crippen LogP contribution < -0.4 is 4.74 Å². The SMILES string of the molecule is COc1cnccc1-c1ccc2nc(C(CC(C)C)N3C(=O)c4ccccc4C3=O)ccc2c1. The molecule has 6 nitrogen and oxygen atoms in total. The van der Waals surface area contributed by atoms with E-state index in [1.165, 1.54) is 4.90 Å². The first kappa shape index (κ1) is 21.8. The summed E-state index contributed by atoms with van der Waals surface area (Å²) in [7, 11) is 1.63. The van der Waals surface area contributed by atoms with E-state index in [0.29, 0.717) is 29.0 Å². The van der Waals surface area contributed by atoms with Crippen LogP contribution in [0, 0.1) is 5.92 Å². The number of aromatic nitrogens is 2. The van der Waals surface area contributed by atoms with Gasteiger partial charge in [-0.2, -0.15) is 0 Å². The van der Waals surface area contributed by atoms with Gasteiger partial charge in [0.05, 0.1) is 41.7 Å². The molecular weight excluding hydrogens is 426 g/mol. The Labute approximate surface area is 198 Å². The van der Waals surface area contributed by atoms with Gasteiger partial charge < -0.3 is 4.74 Å². The van der Waals surface area contributed by atoms with E-state index in [0.717, 1.165) is 22.0 Å². The van der Waals surface area contributed by atoms with Crippen LogP contribution in [0.1, 0.15) is 52.7 Å². The van der Waals surface area contributed by atoms with Crippen molar-refractivity contribution in [2.24, 2.45) is 5.92 Å². The first-order valence-corrected chi connectivity index (χ1v) is 11.3. The minimum Gasteiger partial charge on any atom is -0.494 e. The molecule has 1 aliphatic rings. The number of hydrogen-bond acceptors (Lipinski definition) is 5. The number of nitrogens with zero attached hydrogens (tertiary/aromatic N) is 3. The van der Waals surface area contributed by atoms with Crippen LogP contribution in [-0.4, -0.2) is 33.8 Å². The number of hydrogen-bond donors (Lipinski definition) is 0. The number of amides is 2. The molecule has 34 heavy (non-hydrogen) atoms. The zero-order valence-electron chi connectivity index (χ0n) is 19.4. The summed E-state index contributed by atoms with van der Waals surface area (Å²) in [6, 6.07) is 18.4. The molecule has 0 radical (unpaired) electrons. The molecule has 1 atom stereocenters. The first-order chi connectivity index (χ1) is 16.5. The van der Waals surface area contributed by atoms with Crippen molar-refractivity contribution in [2.75, 3.05) is 7.11 Å². The fourth-order valence-corrected chi connectivity index (χ4v) is 4.57. The Balaban J connectivity index is 1.55. The molecular formula is C28H25N3O3. The lowest BCUT2D eigenvalue weighted by molar-refractivity contribution is 0.0560. The number of benzene rings is 2. The summed E-state index contributed by atoms with van der Waals surface area (Å²) in [5.41, 5.74) is 4.38. The van der Waals surface area contributed by atoms with E-state index in [9.17, 15) is 9.59 Å². The molecule has 4 aromatic rings. The average Bonchev–Trinajstić information content (AvgIpc) is 3.11. The fraction of sp³-hybridized carbons (Fsp3) is 0.214. The zero-order valence-corrected chi connectivity index (χ0v) is 19.4. The molecule has 0 spiro atoms. The molecule has 0 N–H and O–H groups in total. The Kier molecular flexibility index (Phi) is 5.57. The van der Waals surface area contributed by atoms with Gasteiger partial charge in [0.15, 0.2) is 0 Å². The van der Waals surface area contributed by atoms with Crippen molar-refractivity contribution in [3.63, 3.8) is 0 Å². The van der Waals surface area contributed by atoms with E-state index in [2.05, 4.69) is 24.9 Å². The predicted octanol–water partition coefficient (Wildman–Crippen LogP) is 5.69. The number of carbonyl (C=O) groups is 2. The van der Waals surface area contributed by atoms with Crippen molar-refractivity contribution in [1.82, 2.24) is 14.9 Å². The molecule has 0 fully saturated rings. The summed E-state index contributed by atoms with van der Waals surface area (Å²) >= 11 is 0. The summed E-state index contributed by atoms with van der Waals surface area (Å²) in [6.07, 6.45) is 4.07. The van der Waals surface area contributed by atoms with Crippen molar-refractivity contribution in [3.8, 4) is 16.9 Å². The topological polar surface area (TPSA) is 72.4 Å². The van der Waals surface area contributed by atoms with Gasteiger partial charge in [0, 0.05) is 17.1 Å². The first-order valence-electron chi connectivity index (χ1n) is 11.3. The van der Waals surface area contributed by atoms with Crippen LogP contribution >= 0.6 is 0 Å². The molecule has 170 valence electrons. The van der Waals surface area contributed by atoms with Crippen LogP contribution in [0.15, 0.2) is 73.1 Å². The van der Waals surface area contributed by atoms with Crippen molar-refractivity contribution in [2.45, 2.75) is 26.3 Å². The van der Waals surface area contributed by atoms with Gasteiger partial charge >= 0.3 is 0 Å². The minimum absolute atomic E-state index is 0.256. The van der Waals surface area contributed by atoms with Gasteiger partial charge in [0.25, 0.3) is 11.8 Å². The monoisotopic (exact) mass is 451 g/mol. The quantitative estimate of drug-likeness (QED) is 0.352. The largest absolute Gasteiger partial charge is 0.494 e. The third-order valence-corrected chi connectivity index (χ3v) is 6.20. The lowest BCUT2D eigenvalue weighted by Crippen LogP contribution is -2.35. The predicted molar refractivity (Wildman–Crippen MR) is 131 cm³/mol. The lowest BCUT2D eigenvalue weighted by atomic mass is 9.97. The molecule has 2 aromatic carbocycles. The minimum atomic E-state index is -0.434. The number of imide groups is 1. The van der Waals surface area contributed by atoms with E-state index in [-0.39, 0.29) is 17.7 Å². The van der Waals surface area contributed by atoms with Gasteiger partial charge in [-0.15, -0.1) is 0 Å². The van der Waals surface area contributed by atoms with E-state index >= 15 is 0 Å². The highest BCUT2D eigenvalue weighted by Crippen LogP contribution is 2.36. The maximum atomic E-state index is 13.2. The van der Waals surface area contributed by atoms with Crippen molar-refractivity contribution >= 4 is 22.7 Å². The highest BCUT2D eigenvalue weighted by atomic mass is 16.5. The van der Waals surface area contributed by atoms with Crippen molar-refractivity contribution in [3.05, 3.63) is 89.9 Å². The molecule has 2 amide bonds. The van der Waals surface area contributed by atoms with E-state index in [4.69, 9.17) is 9.72 Å². The summed E-state index contributed by atoms with van der Waals surface area (Å²) < 4.78 is 5.46. The molecule has 0 saturated heterocycles. The van der Waals surface area contributed by atoms with Crippen LogP contribution in [0.3, 0.4) is 0 Å². The molecule has 0 bridgehead atoms. The molecule has 2 aromatic heterocycles. The third-order valence-electron chi connectivity index (χ3n) is 6.20. The normalized spacial score (nSPS) is 14.1. The van der Waals surface area contributed by atoms with Gasteiger partial charge in [-0.05, 0) is 54.3 Å². The van der Waals surface area contributed by atoms with Gasteiger partial charge in [-0.25, -0.2) is 0 Å². The summed E-state index contributed by atoms with van der Waals surface area (Å²) in [5, 5.41) is 0.964. The standard InChI is InChI=1S/C28H25N3O3/c1-17(2)14-25(31-27(32)21-6-4-5-7-22(21)28(31)33)24-11-9-19-15-18(8-10-23(19)30-24)20-12-13-29-16-26(20)34-3/h4-13,15-17,25H,14H2,1-3H3. The second-order valence-electron chi connectivity index (χ2n) is 8.89. The van der Waals surface area contributed by atoms with Gasteiger partial charge in [-0.1, -0.05) is 38.1 Å². The Hall–Kier alpha value is -4.06. The molecule has 6 heteroatoms. The molecule has 0 aliphatic carbocycles. The number of methoxy groups -OCH3 is 1. The number of pyridine rings is 2. The molecule has 3 heterocycles. The highest BCUT2D eigenvalue weighted by Gasteiger charge is 2.41. The molecule has 1 aliphatic heterocycles. The molecule has 5 rings (SSSR count). The second-order valence-corrected chi connectivity index (χ2v) is 8.89. The zero-order chi connectivity index (χ0) is 23.8. The maximum Gasteiger partial charge on any atom is 0.262 e. The summed E-state index contributed by atoms with van der Waals surface area (Å²) in [5.74, 6) is 0.462. The van der Waals surface area contributed by atoms with Crippen LogP contribution in [0.4, 0.5) is 0 Å². The Morgan fingerprint density at radius 1 is 0.912 bits per heavy atom. The van der Waals surface area contributed by atoms with Crippen LogP contribution in [0.5, 0.6) is 5.75 Å². The maximum absolute atomic E-state index is 13.2. The molecule has 0 saturated carbocycles. The van der Waals surface area contributed by atoms with Gasteiger partial charge in [0.2, 0.25) is 0 Å². The van der Waals surface area contributed by atoms with Gasteiger partial charge in [-0.3, -0.25) is 24.5 Å². The van der Waals surface area contributed by atoms with Crippen molar-refractivity contribution in [1.29, 1.82) is 0 Å². The average molecular weight is 452 g/mol. The number of ether oxygens (including phenoxy) is 1. The van der Waals surface area contributed by atoms with Crippen LogP contribution in [0.2, 0.25) is 0 Å². The Morgan fingerprint density at radius 2 is 1.65 bits per heavy atom. The summed E-state index contributed by atoms with van der Waals surface area (Å²) in [4.78, 5) is 36.8. The number of rotatable bonds is 6. The van der Waals surface area contributed by atoms with E-state index in [1.54, 1.807) is 43.8 Å².